The molecule has 6 heteroatoms. The Balaban J connectivity index is 1.61. The normalized spacial score (nSPS) is 12.8. The summed E-state index contributed by atoms with van der Waals surface area (Å²) >= 11 is 6.06. The van der Waals surface area contributed by atoms with Crippen molar-refractivity contribution in [2.24, 2.45) is 0 Å². The first kappa shape index (κ1) is 15.4. The predicted octanol–water partition coefficient (Wildman–Crippen LogP) is 2.53. The number of nitrogens with one attached hydrogen (secondary N) is 2. The molecule has 2 aromatic carbocycles. The maximum atomic E-state index is 12.1. The van der Waals surface area contributed by atoms with Gasteiger partial charge in [0, 0.05) is 11.6 Å². The molecule has 0 radical (unpaired) electrons. The van der Waals surface area contributed by atoms with Crippen LogP contribution >= 0.6 is 11.6 Å². The van der Waals surface area contributed by atoms with Crippen LogP contribution in [0.5, 0.6) is 5.75 Å². The summed E-state index contributed by atoms with van der Waals surface area (Å²) in [6.45, 7) is 0.397. The minimum atomic E-state index is -0.196. The van der Waals surface area contributed by atoms with Crippen LogP contribution in [0.2, 0.25) is 5.02 Å². The highest BCUT2D eigenvalue weighted by Gasteiger charge is 2.16. The highest BCUT2D eigenvalue weighted by Crippen LogP contribution is 2.28. The molecular weight excluding hydrogens is 316 g/mol. The van der Waals surface area contributed by atoms with Crippen LogP contribution in [0.1, 0.15) is 11.1 Å². The van der Waals surface area contributed by atoms with Crippen molar-refractivity contribution in [2.75, 3.05) is 11.9 Å². The maximum absolute atomic E-state index is 12.1. The number of hydrogen-bond donors (Lipinski definition) is 2. The highest BCUT2D eigenvalue weighted by molar-refractivity contribution is 6.31. The number of amides is 2. The van der Waals surface area contributed by atoms with Gasteiger partial charge in [0.2, 0.25) is 5.91 Å². The molecule has 23 heavy (non-hydrogen) atoms. The Hall–Kier alpha value is -2.53. The van der Waals surface area contributed by atoms with Gasteiger partial charge in [0.05, 0.1) is 12.1 Å². The Morgan fingerprint density at radius 2 is 2.09 bits per heavy atom. The van der Waals surface area contributed by atoms with Crippen molar-refractivity contribution in [1.82, 2.24) is 5.32 Å². The monoisotopic (exact) mass is 330 g/mol. The Bertz CT molecular complexity index is 761. The van der Waals surface area contributed by atoms with Crippen molar-refractivity contribution in [2.45, 2.75) is 13.0 Å². The van der Waals surface area contributed by atoms with Gasteiger partial charge in [0.15, 0.2) is 6.61 Å². The minimum absolute atomic E-state index is 0.0185. The molecule has 2 amide bonds. The molecule has 0 aliphatic carbocycles. The second kappa shape index (κ2) is 6.71. The number of halogens is 1. The summed E-state index contributed by atoms with van der Waals surface area (Å²) in [4.78, 5) is 23.4. The fraction of sp³-hybridized carbons (Fsp3) is 0.176. The minimum Gasteiger partial charge on any atom is -0.482 e. The van der Waals surface area contributed by atoms with Gasteiger partial charge in [-0.25, -0.2) is 0 Å². The zero-order valence-corrected chi connectivity index (χ0v) is 13.0. The van der Waals surface area contributed by atoms with Gasteiger partial charge in [-0.1, -0.05) is 35.9 Å². The molecule has 0 fully saturated rings. The number of rotatable bonds is 4. The number of carbonyl (C=O) groups is 2. The molecule has 2 aromatic rings. The lowest BCUT2D eigenvalue weighted by Crippen LogP contribution is -2.26. The van der Waals surface area contributed by atoms with Crippen LogP contribution in [0.4, 0.5) is 5.69 Å². The van der Waals surface area contributed by atoms with E-state index in [4.69, 9.17) is 16.3 Å². The molecule has 1 heterocycles. The van der Waals surface area contributed by atoms with Crippen LogP contribution in [-0.2, 0) is 22.6 Å². The summed E-state index contributed by atoms with van der Waals surface area (Å²) < 4.78 is 5.29. The van der Waals surface area contributed by atoms with E-state index >= 15 is 0 Å². The van der Waals surface area contributed by atoms with Crippen molar-refractivity contribution >= 4 is 29.1 Å². The fourth-order valence-corrected chi connectivity index (χ4v) is 2.53. The Morgan fingerprint density at radius 3 is 2.91 bits per heavy atom. The molecule has 0 saturated heterocycles. The predicted molar refractivity (Wildman–Crippen MR) is 87.6 cm³/mol. The second-order valence-electron chi connectivity index (χ2n) is 5.21. The topological polar surface area (TPSA) is 67.4 Å². The zero-order valence-electron chi connectivity index (χ0n) is 12.3. The summed E-state index contributed by atoms with van der Waals surface area (Å²) in [6.07, 6.45) is 0.216. The van der Waals surface area contributed by atoms with Gasteiger partial charge in [-0.2, -0.15) is 0 Å². The van der Waals surface area contributed by atoms with Gasteiger partial charge < -0.3 is 15.4 Å². The lowest BCUT2D eigenvalue weighted by atomic mass is 10.1. The van der Waals surface area contributed by atoms with Crippen LogP contribution < -0.4 is 15.4 Å². The van der Waals surface area contributed by atoms with Crippen LogP contribution in [0.15, 0.2) is 42.5 Å². The van der Waals surface area contributed by atoms with E-state index in [2.05, 4.69) is 10.6 Å². The highest BCUT2D eigenvalue weighted by atomic mass is 35.5. The van der Waals surface area contributed by atoms with Crippen LogP contribution in [-0.4, -0.2) is 18.4 Å². The van der Waals surface area contributed by atoms with Crippen LogP contribution in [0.25, 0.3) is 0 Å². The molecule has 0 bridgehead atoms. The van der Waals surface area contributed by atoms with Gasteiger partial charge >= 0.3 is 0 Å². The van der Waals surface area contributed by atoms with Gasteiger partial charge in [0.25, 0.3) is 5.91 Å². The number of ether oxygens (including phenoxy) is 1. The van der Waals surface area contributed by atoms with Gasteiger partial charge in [-0.15, -0.1) is 0 Å². The van der Waals surface area contributed by atoms with Gasteiger partial charge in [-0.05, 0) is 29.3 Å². The van der Waals surface area contributed by atoms with E-state index in [0.717, 1.165) is 11.1 Å². The number of fused-ring (bicyclic) bond motifs is 1. The van der Waals surface area contributed by atoms with E-state index in [1.807, 2.05) is 24.3 Å². The van der Waals surface area contributed by atoms with Crippen molar-refractivity contribution in [1.29, 1.82) is 0 Å². The maximum Gasteiger partial charge on any atom is 0.262 e. The average molecular weight is 331 g/mol. The van der Waals surface area contributed by atoms with E-state index in [-0.39, 0.29) is 24.8 Å². The summed E-state index contributed by atoms with van der Waals surface area (Å²) in [5, 5.41) is 6.19. The number of carbonyl (C=O) groups excluding carboxylic acids is 2. The molecule has 0 aromatic heterocycles. The zero-order chi connectivity index (χ0) is 16.2. The Kier molecular flexibility index (Phi) is 4.48. The summed E-state index contributed by atoms with van der Waals surface area (Å²) in [7, 11) is 0. The van der Waals surface area contributed by atoms with E-state index < -0.39 is 0 Å². The molecule has 3 rings (SSSR count). The standard InChI is InChI=1S/C17H15ClN2O3/c18-13-4-2-1-3-12(13)9-19-16(21)8-11-5-6-15-14(7-11)20-17(22)10-23-15/h1-7H,8-10H2,(H,19,21)(H,20,22). The van der Waals surface area contributed by atoms with Gasteiger partial charge in [-0.3, -0.25) is 9.59 Å². The van der Waals surface area contributed by atoms with E-state index in [1.165, 1.54) is 0 Å². The molecule has 2 N–H and O–H groups in total. The van der Waals surface area contributed by atoms with E-state index in [0.29, 0.717) is 23.0 Å². The van der Waals surface area contributed by atoms with Crippen LogP contribution in [0.3, 0.4) is 0 Å². The third kappa shape index (κ3) is 3.81. The van der Waals surface area contributed by atoms with Crippen molar-refractivity contribution in [3.63, 3.8) is 0 Å². The second-order valence-corrected chi connectivity index (χ2v) is 5.62. The first-order valence-electron chi connectivity index (χ1n) is 7.17. The molecule has 118 valence electrons. The molecule has 0 unspecified atom stereocenters. The van der Waals surface area contributed by atoms with Crippen molar-refractivity contribution < 1.29 is 14.3 Å². The third-order valence-electron chi connectivity index (χ3n) is 3.48. The molecular formula is C17H15ClN2O3. The number of benzene rings is 2. The van der Waals surface area contributed by atoms with Gasteiger partial charge in [0.1, 0.15) is 5.75 Å². The SMILES string of the molecule is O=C(Cc1ccc2c(c1)NC(=O)CO2)NCc1ccccc1Cl. The lowest BCUT2D eigenvalue weighted by molar-refractivity contribution is -0.120. The molecule has 1 aliphatic rings. The quantitative estimate of drug-likeness (QED) is 0.905. The summed E-state index contributed by atoms with van der Waals surface area (Å²) in [5.41, 5.74) is 2.26. The lowest BCUT2D eigenvalue weighted by Gasteiger charge is -2.18. The number of anilines is 1. The first-order valence-corrected chi connectivity index (χ1v) is 7.55. The fourth-order valence-electron chi connectivity index (χ4n) is 2.32. The van der Waals surface area contributed by atoms with E-state index in [9.17, 15) is 9.59 Å². The van der Waals surface area contributed by atoms with Crippen molar-refractivity contribution in [3.05, 3.63) is 58.6 Å². The first-order chi connectivity index (χ1) is 11.1. The summed E-state index contributed by atoms with van der Waals surface area (Å²) in [6, 6.07) is 12.7. The number of hydrogen-bond acceptors (Lipinski definition) is 3. The average Bonchev–Trinajstić information content (AvgIpc) is 2.54. The Labute approximate surface area is 138 Å². The molecule has 0 atom stereocenters. The third-order valence-corrected chi connectivity index (χ3v) is 3.84. The Morgan fingerprint density at radius 1 is 1.26 bits per heavy atom. The van der Waals surface area contributed by atoms with Crippen molar-refractivity contribution in [3.8, 4) is 5.75 Å². The molecule has 0 saturated carbocycles. The van der Waals surface area contributed by atoms with Crippen LogP contribution in [0, 0.1) is 0 Å². The molecule has 5 nitrogen and oxygen atoms in total. The summed E-state index contributed by atoms with van der Waals surface area (Å²) in [5.74, 6) is 0.301. The molecule has 0 spiro atoms. The largest absolute Gasteiger partial charge is 0.482 e. The smallest absolute Gasteiger partial charge is 0.262 e. The van der Waals surface area contributed by atoms with E-state index in [1.54, 1.807) is 18.2 Å². The molecule has 1 aliphatic heterocycles.